The molecule has 3 heteroatoms. The van der Waals surface area contributed by atoms with Gasteiger partial charge >= 0.3 is 0 Å². The number of Topliss-reactive ketones (excluding diaryl/α,β-unsaturated/α-hetero) is 1. The van der Waals surface area contributed by atoms with Gasteiger partial charge in [-0.05, 0) is 51.8 Å². The van der Waals surface area contributed by atoms with Crippen LogP contribution in [-0.4, -0.2) is 16.3 Å². The van der Waals surface area contributed by atoms with E-state index in [1.54, 1.807) is 6.20 Å². The molecule has 0 spiro atoms. The zero-order valence-electron chi connectivity index (χ0n) is 20.1. The lowest BCUT2D eigenvalue weighted by molar-refractivity contribution is 0.0778. The number of carbonyl (C=O) groups is 1. The Labute approximate surface area is 184 Å². The minimum Gasteiger partial charge on any atom is -0.380 e. The fourth-order valence-corrected chi connectivity index (χ4v) is 4.14. The van der Waals surface area contributed by atoms with Gasteiger partial charge in [0, 0.05) is 33.8 Å². The maximum atomic E-state index is 13.5. The van der Waals surface area contributed by atoms with Crippen molar-refractivity contribution < 1.29 is 4.79 Å². The highest BCUT2D eigenvalue weighted by Crippen LogP contribution is 2.35. The van der Waals surface area contributed by atoms with Crippen LogP contribution in [0.25, 0.3) is 10.9 Å². The van der Waals surface area contributed by atoms with Crippen molar-refractivity contribution in [3.05, 3.63) is 36.0 Å². The molecular formula is C27H42N2O. The molecule has 0 aliphatic carbocycles. The van der Waals surface area contributed by atoms with Crippen LogP contribution in [0.4, 0.5) is 5.69 Å². The van der Waals surface area contributed by atoms with Gasteiger partial charge in [0.1, 0.15) is 0 Å². The smallest absolute Gasteiger partial charge is 0.170 e. The van der Waals surface area contributed by atoms with Crippen LogP contribution in [0.2, 0.25) is 0 Å². The van der Waals surface area contributed by atoms with Crippen molar-refractivity contribution in [2.75, 3.05) is 5.32 Å². The first-order valence-corrected chi connectivity index (χ1v) is 11.9. The van der Waals surface area contributed by atoms with Crippen molar-refractivity contribution in [1.82, 2.24) is 4.98 Å². The van der Waals surface area contributed by atoms with E-state index in [4.69, 9.17) is 0 Å². The molecule has 0 saturated carbocycles. The summed E-state index contributed by atoms with van der Waals surface area (Å²) < 4.78 is 0. The summed E-state index contributed by atoms with van der Waals surface area (Å²) in [5.74, 6) is 0.262. The van der Waals surface area contributed by atoms with E-state index in [0.717, 1.165) is 54.3 Å². The summed E-state index contributed by atoms with van der Waals surface area (Å²) in [6.07, 6.45) is 12.1. The summed E-state index contributed by atoms with van der Waals surface area (Å²) in [5.41, 5.74) is 2.45. The lowest BCUT2D eigenvalue weighted by Gasteiger charge is -2.28. The molecule has 3 nitrogen and oxygen atoms in total. The minimum absolute atomic E-state index is 0.00179. The number of anilines is 1. The number of aromatic nitrogens is 1. The monoisotopic (exact) mass is 410 g/mol. The van der Waals surface area contributed by atoms with Crippen molar-refractivity contribution in [1.29, 1.82) is 0 Å². The second-order valence-corrected chi connectivity index (χ2v) is 10.2. The molecule has 166 valence electrons. The van der Waals surface area contributed by atoms with Crippen LogP contribution in [0, 0.1) is 5.41 Å². The first-order chi connectivity index (χ1) is 14.2. The highest BCUT2D eigenvalue weighted by molar-refractivity contribution is 6.02. The third-order valence-corrected chi connectivity index (χ3v) is 5.93. The van der Waals surface area contributed by atoms with Crippen LogP contribution >= 0.6 is 0 Å². The number of nitrogens with one attached hydrogen (secondary N) is 1. The third-order valence-electron chi connectivity index (χ3n) is 5.93. The molecule has 0 fully saturated rings. The molecule has 30 heavy (non-hydrogen) atoms. The number of carbonyl (C=O) groups excluding carboxylic acids is 1. The van der Waals surface area contributed by atoms with Crippen LogP contribution < -0.4 is 5.32 Å². The summed E-state index contributed by atoms with van der Waals surface area (Å²) in [4.78, 5) is 18.2. The molecule has 1 atom stereocenters. The molecule has 1 aromatic carbocycles. The molecule has 2 aromatic rings. The van der Waals surface area contributed by atoms with Crippen molar-refractivity contribution in [2.45, 2.75) is 105 Å². The zero-order chi connectivity index (χ0) is 22.2. The van der Waals surface area contributed by atoms with E-state index in [9.17, 15) is 4.79 Å². The highest BCUT2D eigenvalue weighted by atomic mass is 16.1. The first kappa shape index (κ1) is 24.4. The zero-order valence-corrected chi connectivity index (χ0v) is 20.1. The number of unbranched alkanes of at least 4 members (excludes halogenated alkanes) is 5. The second kappa shape index (κ2) is 10.9. The van der Waals surface area contributed by atoms with Crippen molar-refractivity contribution in [3.63, 3.8) is 0 Å². The Morgan fingerprint density at radius 1 is 0.900 bits per heavy atom. The molecule has 1 N–H and O–H groups in total. The maximum Gasteiger partial charge on any atom is 0.170 e. The lowest BCUT2D eigenvalue weighted by atomic mass is 9.74. The number of ketones is 1. The van der Waals surface area contributed by atoms with Gasteiger partial charge < -0.3 is 5.32 Å². The van der Waals surface area contributed by atoms with Crippen LogP contribution in [0.15, 0.2) is 30.5 Å². The molecule has 0 aliphatic rings. The summed E-state index contributed by atoms with van der Waals surface area (Å²) in [7, 11) is 0. The van der Waals surface area contributed by atoms with E-state index in [0.29, 0.717) is 0 Å². The number of rotatable bonds is 12. The standard InChI is InChI=1S/C27H42N2O/c1-7-9-11-12-13-17-27(6,16-10-8-2)25(30)22-18-21-14-15-23(29-26(3,4)5)19-24(21)28-20-22/h14-15,18-20,29H,7-13,16-17H2,1-6H3. The number of pyridine rings is 1. The molecule has 0 radical (unpaired) electrons. The van der Waals surface area contributed by atoms with Gasteiger partial charge in [-0.1, -0.05) is 71.8 Å². The summed E-state index contributed by atoms with van der Waals surface area (Å²) >= 11 is 0. The van der Waals surface area contributed by atoms with Gasteiger partial charge in [0.25, 0.3) is 0 Å². The second-order valence-electron chi connectivity index (χ2n) is 10.2. The van der Waals surface area contributed by atoms with Crippen molar-refractivity contribution in [2.24, 2.45) is 5.41 Å². The molecule has 0 bridgehead atoms. The van der Waals surface area contributed by atoms with Gasteiger partial charge in [-0.2, -0.15) is 0 Å². The van der Waals surface area contributed by atoms with Gasteiger partial charge in [-0.3, -0.25) is 9.78 Å². The van der Waals surface area contributed by atoms with E-state index in [1.165, 1.54) is 25.7 Å². The average molecular weight is 411 g/mol. The van der Waals surface area contributed by atoms with E-state index in [1.807, 2.05) is 6.07 Å². The normalized spacial score (nSPS) is 13.9. The van der Waals surface area contributed by atoms with Gasteiger partial charge in [0.05, 0.1) is 5.52 Å². The fourth-order valence-electron chi connectivity index (χ4n) is 4.14. The van der Waals surface area contributed by atoms with Crippen LogP contribution in [-0.2, 0) is 0 Å². The van der Waals surface area contributed by atoms with E-state index >= 15 is 0 Å². The minimum atomic E-state index is -0.286. The topological polar surface area (TPSA) is 42.0 Å². The number of fused-ring (bicyclic) bond motifs is 1. The lowest BCUT2D eigenvalue weighted by Crippen LogP contribution is -2.28. The summed E-state index contributed by atoms with van der Waals surface area (Å²) in [5, 5.41) is 4.52. The summed E-state index contributed by atoms with van der Waals surface area (Å²) in [6, 6.07) is 8.25. The number of hydrogen-bond donors (Lipinski definition) is 1. The van der Waals surface area contributed by atoms with Crippen molar-refractivity contribution in [3.8, 4) is 0 Å². The maximum absolute atomic E-state index is 13.5. The Kier molecular flexibility index (Phi) is 8.88. The van der Waals surface area contributed by atoms with Crippen LogP contribution in [0.5, 0.6) is 0 Å². The first-order valence-electron chi connectivity index (χ1n) is 11.9. The SMILES string of the molecule is CCCCCCCC(C)(CCCC)C(=O)c1cnc2cc(NC(C)(C)C)ccc2c1. The van der Waals surface area contributed by atoms with E-state index in [2.05, 4.69) is 70.0 Å². The predicted molar refractivity (Wildman–Crippen MR) is 130 cm³/mol. The molecule has 2 rings (SSSR count). The van der Waals surface area contributed by atoms with Gasteiger partial charge in [0.2, 0.25) is 0 Å². The Morgan fingerprint density at radius 3 is 2.23 bits per heavy atom. The molecular weight excluding hydrogens is 368 g/mol. The molecule has 0 aliphatic heterocycles. The Morgan fingerprint density at radius 2 is 1.57 bits per heavy atom. The average Bonchev–Trinajstić information content (AvgIpc) is 2.70. The van der Waals surface area contributed by atoms with E-state index < -0.39 is 0 Å². The van der Waals surface area contributed by atoms with Crippen molar-refractivity contribution >= 4 is 22.4 Å². The molecule has 1 unspecified atom stereocenters. The third kappa shape index (κ3) is 7.11. The highest BCUT2D eigenvalue weighted by Gasteiger charge is 2.33. The fraction of sp³-hybridized carbons (Fsp3) is 0.630. The summed E-state index contributed by atoms with van der Waals surface area (Å²) in [6.45, 7) is 13.0. The number of hydrogen-bond acceptors (Lipinski definition) is 3. The molecule has 1 aromatic heterocycles. The number of benzene rings is 1. The quantitative estimate of drug-likeness (QED) is 0.283. The number of nitrogens with zero attached hydrogens (tertiary/aromatic N) is 1. The molecule has 1 heterocycles. The van der Waals surface area contributed by atoms with E-state index in [-0.39, 0.29) is 16.7 Å². The Bertz CT molecular complexity index is 821. The molecule has 0 amide bonds. The Balaban J connectivity index is 2.20. The Hall–Kier alpha value is -1.90. The van der Waals surface area contributed by atoms with Crippen LogP contribution in [0.1, 0.15) is 110 Å². The van der Waals surface area contributed by atoms with Gasteiger partial charge in [-0.15, -0.1) is 0 Å². The largest absolute Gasteiger partial charge is 0.380 e. The van der Waals surface area contributed by atoms with Crippen LogP contribution in [0.3, 0.4) is 0 Å². The predicted octanol–water partition coefficient (Wildman–Crippen LogP) is 8.18. The van der Waals surface area contributed by atoms with Gasteiger partial charge in [-0.25, -0.2) is 0 Å². The van der Waals surface area contributed by atoms with Gasteiger partial charge in [0.15, 0.2) is 5.78 Å². The molecule has 0 saturated heterocycles.